The van der Waals surface area contributed by atoms with Crippen LogP contribution in [0.4, 0.5) is 0 Å². The van der Waals surface area contributed by atoms with Crippen molar-refractivity contribution in [3.05, 3.63) is 32.4 Å². The van der Waals surface area contributed by atoms with E-state index in [1.165, 1.54) is 22.8 Å². The highest BCUT2D eigenvalue weighted by Gasteiger charge is 2.43. The molecule has 0 aliphatic rings. The summed E-state index contributed by atoms with van der Waals surface area (Å²) in [7, 11) is -9.37. The Morgan fingerprint density at radius 2 is 0.674 bits per heavy atom. The minimum atomic E-state index is -1.73. The molecule has 2 rings (SSSR count). The summed E-state index contributed by atoms with van der Waals surface area (Å²) in [5, 5.41) is 0. The molecule has 0 amide bonds. The van der Waals surface area contributed by atoms with Crippen LogP contribution in [0.5, 0.6) is 0 Å². The predicted molar refractivity (Wildman–Crippen MR) is 220 cm³/mol. The van der Waals surface area contributed by atoms with Gasteiger partial charge < -0.3 is 18.3 Å². The Kier molecular flexibility index (Phi) is 12.7. The summed E-state index contributed by atoms with van der Waals surface area (Å²) in [5.41, 5.74) is 9.40. The standard InChI is InChI=1S/C36H76N4Si6/c1-25(2)37-29(9)30(10)38(26(3)4)33(37)41(35(43(13,14)15)44(16,17)18)42(36(45(19,20)21)46(22,23)24)34-39(27(5)6)31(11)32(12)40(34)28(7)8/h25-28H,1-24H3. The second-order valence-corrected chi connectivity index (χ2v) is 48.7. The Morgan fingerprint density at radius 3 is 0.826 bits per heavy atom. The fraction of sp³-hybridized carbons (Fsp3) is 0.778. The molecule has 10 heteroatoms. The predicted octanol–water partition coefficient (Wildman–Crippen LogP) is 8.34. The van der Waals surface area contributed by atoms with Crippen molar-refractivity contribution in [1.82, 2.24) is 9.13 Å². The van der Waals surface area contributed by atoms with Crippen molar-refractivity contribution in [2.75, 3.05) is 0 Å². The van der Waals surface area contributed by atoms with Gasteiger partial charge in [0, 0.05) is 27.7 Å². The number of imidazole rings is 2. The lowest BCUT2D eigenvalue weighted by Gasteiger charge is -2.55. The fourth-order valence-corrected chi connectivity index (χ4v) is 66.7. The van der Waals surface area contributed by atoms with Gasteiger partial charge in [0.15, 0.2) is 0 Å². The van der Waals surface area contributed by atoms with Gasteiger partial charge in [-0.05, 0) is 87.7 Å². The number of rotatable bonds is 12. The molecule has 4 nitrogen and oxygen atoms in total. The van der Waals surface area contributed by atoms with Crippen LogP contribution in [-0.4, -0.2) is 57.2 Å². The molecule has 0 atom stereocenters. The third-order valence-electron chi connectivity index (χ3n) is 9.67. The summed E-state index contributed by atoms with van der Waals surface area (Å²) in [6, 6.07) is 1.73. The lowest BCUT2D eigenvalue weighted by molar-refractivity contribution is -0.705. The lowest BCUT2D eigenvalue weighted by Crippen LogP contribution is -2.74. The molecule has 0 aliphatic carbocycles. The van der Waals surface area contributed by atoms with E-state index >= 15 is 0 Å². The molecule has 0 aliphatic heterocycles. The molecular formula is C36H76N4Si6. The van der Waals surface area contributed by atoms with Gasteiger partial charge in [-0.3, -0.25) is 0 Å². The molecule has 2 heterocycles. The monoisotopic (exact) mass is 732 g/mol. The van der Waals surface area contributed by atoms with Gasteiger partial charge in [-0.15, -0.1) is 0 Å². The van der Waals surface area contributed by atoms with E-state index in [0.717, 1.165) is 0 Å². The Bertz CT molecular complexity index is 1230. The van der Waals surface area contributed by atoms with E-state index in [1.54, 1.807) is 10.9 Å². The highest BCUT2D eigenvalue weighted by atomic mass is 28.9. The zero-order chi connectivity index (χ0) is 36.4. The average molecular weight is 734 g/mol. The topological polar surface area (TPSA) is 17.6 Å². The van der Waals surface area contributed by atoms with Crippen LogP contribution in [0.2, 0.25) is 78.6 Å². The van der Waals surface area contributed by atoms with Crippen LogP contribution < -0.4 is 20.0 Å². The Balaban J connectivity index is 3.87. The fourth-order valence-electron chi connectivity index (χ4n) is 9.02. The van der Waals surface area contributed by atoms with Crippen LogP contribution in [0.3, 0.4) is 0 Å². The Labute approximate surface area is 294 Å². The van der Waals surface area contributed by atoms with Crippen molar-refractivity contribution < 1.29 is 9.13 Å². The first-order chi connectivity index (χ1) is 20.4. The minimum Gasteiger partial charge on any atom is -0.310 e. The third-order valence-corrected chi connectivity index (χ3v) is 47.4. The molecule has 2 aromatic rings. The van der Waals surface area contributed by atoms with E-state index in [2.05, 4.69) is 189 Å². The smallest absolute Gasteiger partial charge is 0.124 e. The van der Waals surface area contributed by atoms with Gasteiger partial charge in [0.05, 0.1) is 24.2 Å². The molecule has 0 N–H and O–H groups in total. The molecule has 0 spiro atoms. The van der Waals surface area contributed by atoms with Crippen LogP contribution in [0.25, 0.3) is 0 Å². The molecule has 0 unspecified atom stereocenters. The molecule has 0 saturated heterocycles. The summed E-state index contributed by atoms with van der Waals surface area (Å²) in [4.78, 5) is 4.20. The van der Waals surface area contributed by atoms with Gasteiger partial charge in [0.25, 0.3) is 0 Å². The second kappa shape index (κ2) is 14.0. The van der Waals surface area contributed by atoms with E-state index in [1.807, 2.05) is 0 Å². The maximum Gasteiger partial charge on any atom is 0.124 e. The van der Waals surface area contributed by atoms with Gasteiger partial charge in [0.2, 0.25) is 0 Å². The first-order valence-corrected chi connectivity index (χ1v) is 36.2. The highest BCUT2D eigenvalue weighted by Crippen LogP contribution is 2.35. The average Bonchev–Trinajstić information content (AvgIpc) is 3.22. The minimum absolute atomic E-state index is 0.432. The number of aromatic nitrogens is 4. The van der Waals surface area contributed by atoms with Gasteiger partial charge in [-0.25, -0.2) is 9.58 Å². The number of nitrogens with zero attached hydrogens (tertiary/aromatic N) is 4. The van der Waals surface area contributed by atoms with Crippen LogP contribution in [0, 0.1) is 37.3 Å². The molecule has 0 fully saturated rings. The molecule has 0 aromatic carbocycles. The summed E-state index contributed by atoms with van der Waals surface area (Å²) in [6.07, 6.45) is 0. The van der Waals surface area contributed by atoms with Crippen molar-refractivity contribution in [2.45, 2.75) is 186 Å². The quantitative estimate of drug-likeness (QED) is 0.119. The van der Waals surface area contributed by atoms with Crippen LogP contribution in [-0.2, 0) is 0 Å². The normalized spacial score (nSPS) is 14.3. The zero-order valence-corrected chi connectivity index (χ0v) is 41.1. The first-order valence-electron chi connectivity index (χ1n) is 18.2. The molecule has 0 saturated carbocycles. The van der Waals surface area contributed by atoms with Gasteiger partial charge in [0.1, 0.15) is 33.7 Å². The molecular weight excluding hydrogens is 657 g/mol. The Morgan fingerprint density at radius 1 is 0.457 bits per heavy atom. The van der Waals surface area contributed by atoms with E-state index in [-0.39, 0.29) is 0 Å². The number of hydrogen-bond acceptors (Lipinski definition) is 0. The summed E-state index contributed by atoms with van der Waals surface area (Å²) >= 11 is 0. The molecule has 0 bridgehead atoms. The van der Waals surface area contributed by atoms with Gasteiger partial charge >= 0.3 is 0 Å². The van der Waals surface area contributed by atoms with Crippen LogP contribution in [0.15, 0.2) is 0 Å². The zero-order valence-electron chi connectivity index (χ0n) is 35.1. The molecule has 2 aromatic heterocycles. The van der Waals surface area contributed by atoms with E-state index in [4.69, 9.17) is 0 Å². The van der Waals surface area contributed by atoms with Crippen molar-refractivity contribution >= 4 is 59.0 Å². The van der Waals surface area contributed by atoms with Crippen LogP contribution >= 0.6 is 0 Å². The maximum absolute atomic E-state index is 2.86. The molecule has 264 valence electrons. The van der Waals surface area contributed by atoms with E-state index < -0.39 is 48.1 Å². The highest BCUT2D eigenvalue weighted by molar-refractivity contribution is 7.33. The van der Waals surface area contributed by atoms with Crippen molar-refractivity contribution in [1.29, 1.82) is 0 Å². The molecule has 46 heavy (non-hydrogen) atoms. The van der Waals surface area contributed by atoms with Crippen molar-refractivity contribution in [3.63, 3.8) is 0 Å². The van der Waals surface area contributed by atoms with Crippen molar-refractivity contribution in [3.8, 4) is 0 Å². The lowest BCUT2D eigenvalue weighted by atomic mass is 10.3. The molecule has 0 radical (unpaired) electrons. The third kappa shape index (κ3) is 7.92. The first kappa shape index (κ1) is 41.6. The largest absolute Gasteiger partial charge is 0.310 e. The van der Waals surface area contributed by atoms with E-state index in [0.29, 0.717) is 24.2 Å². The van der Waals surface area contributed by atoms with Gasteiger partial charge in [-0.2, -0.15) is 0 Å². The maximum atomic E-state index is 2.86. The van der Waals surface area contributed by atoms with Crippen molar-refractivity contribution in [2.24, 2.45) is 0 Å². The number of hydrogen-bond donors (Lipinski definition) is 0. The van der Waals surface area contributed by atoms with Gasteiger partial charge in [-0.1, -0.05) is 94.3 Å². The van der Waals surface area contributed by atoms with E-state index in [9.17, 15) is 0 Å². The SMILES string of the molecule is Cc1c(C)[n+](C(C)C)c(/[Si]([C-]([Si](C)(C)C)[Si](C)(C)C)=[Si](/c2n(C(C)C)c(C)c(C)[n+]2C(C)C)[C-]([Si](C)(C)C)[Si](C)(C)C)n1C(C)C. The summed E-state index contributed by atoms with van der Waals surface area (Å²) in [6.45, 7) is 61.9. The second-order valence-electron chi connectivity index (χ2n) is 19.3. The summed E-state index contributed by atoms with van der Waals surface area (Å²) in [5.74, 6) is 0. The van der Waals surface area contributed by atoms with Crippen LogP contribution in [0.1, 0.15) is 102 Å². The summed E-state index contributed by atoms with van der Waals surface area (Å²) < 4.78 is 11.5. The Hall–Kier alpha value is -0.539.